The molecule has 0 aromatic heterocycles. The van der Waals surface area contributed by atoms with Crippen molar-refractivity contribution in [3.05, 3.63) is 23.8 Å². The van der Waals surface area contributed by atoms with E-state index in [4.69, 9.17) is 9.47 Å². The molecular weight excluding hydrogens is 390 g/mol. The van der Waals surface area contributed by atoms with Crippen molar-refractivity contribution >= 4 is 36.0 Å². The first kappa shape index (κ1) is 20.1. The molecule has 3 aliphatic rings. The molecule has 0 saturated carbocycles. The second kappa shape index (κ2) is 9.03. The Morgan fingerprint density at radius 3 is 2.59 bits per heavy atom. The van der Waals surface area contributed by atoms with Crippen LogP contribution in [0.15, 0.2) is 18.2 Å². The lowest BCUT2D eigenvalue weighted by atomic mass is 10.1. The maximum absolute atomic E-state index is 12.7. The molecule has 3 aliphatic heterocycles. The van der Waals surface area contributed by atoms with Gasteiger partial charge in [0.15, 0.2) is 11.5 Å². The lowest BCUT2D eigenvalue weighted by Gasteiger charge is -2.36. The fourth-order valence-corrected chi connectivity index (χ4v) is 4.41. The SMILES string of the molecule is Cl.O=C(CC1CSCCN1)N1CCN(C(=O)c2ccc3c(c2)OCO3)CC1. The molecule has 0 radical (unpaired) electrons. The van der Waals surface area contributed by atoms with Crippen LogP contribution >= 0.6 is 24.2 Å². The number of hydrogen-bond acceptors (Lipinski definition) is 6. The number of carbonyl (C=O) groups excluding carboxylic acids is 2. The van der Waals surface area contributed by atoms with E-state index < -0.39 is 0 Å². The minimum Gasteiger partial charge on any atom is -0.454 e. The smallest absolute Gasteiger partial charge is 0.254 e. The summed E-state index contributed by atoms with van der Waals surface area (Å²) in [5.41, 5.74) is 0.595. The number of nitrogens with one attached hydrogen (secondary N) is 1. The minimum absolute atomic E-state index is 0. The average Bonchev–Trinajstić information content (AvgIpc) is 3.16. The van der Waals surface area contributed by atoms with E-state index in [1.165, 1.54) is 0 Å². The monoisotopic (exact) mass is 413 g/mol. The van der Waals surface area contributed by atoms with Gasteiger partial charge in [-0.2, -0.15) is 11.8 Å². The van der Waals surface area contributed by atoms with Crippen LogP contribution in [0, 0.1) is 0 Å². The van der Waals surface area contributed by atoms with Crippen molar-refractivity contribution in [1.29, 1.82) is 0 Å². The number of fused-ring (bicyclic) bond motifs is 1. The molecule has 1 aromatic carbocycles. The Morgan fingerprint density at radius 2 is 1.85 bits per heavy atom. The van der Waals surface area contributed by atoms with E-state index in [0.717, 1.165) is 18.1 Å². The van der Waals surface area contributed by atoms with Gasteiger partial charge in [-0.25, -0.2) is 0 Å². The molecule has 2 amide bonds. The van der Waals surface area contributed by atoms with E-state index in [1.807, 2.05) is 16.7 Å². The van der Waals surface area contributed by atoms with Gasteiger partial charge in [0, 0.05) is 62.3 Å². The van der Waals surface area contributed by atoms with Gasteiger partial charge in [-0.15, -0.1) is 12.4 Å². The number of thioether (sulfide) groups is 1. The van der Waals surface area contributed by atoms with Crippen LogP contribution in [-0.2, 0) is 4.79 Å². The molecule has 9 heteroatoms. The fraction of sp³-hybridized carbons (Fsp3) is 0.556. The first-order valence-corrected chi connectivity index (χ1v) is 10.1. The van der Waals surface area contributed by atoms with Gasteiger partial charge in [0.25, 0.3) is 5.91 Å². The van der Waals surface area contributed by atoms with Crippen LogP contribution in [0.1, 0.15) is 16.8 Å². The summed E-state index contributed by atoms with van der Waals surface area (Å²) in [5.74, 6) is 3.55. The fourth-order valence-electron chi connectivity index (χ4n) is 3.46. The van der Waals surface area contributed by atoms with Gasteiger partial charge in [-0.05, 0) is 18.2 Å². The summed E-state index contributed by atoms with van der Waals surface area (Å²) in [7, 11) is 0. The van der Waals surface area contributed by atoms with Crippen molar-refractivity contribution in [1.82, 2.24) is 15.1 Å². The Bertz CT molecular complexity index is 691. The van der Waals surface area contributed by atoms with Crippen LogP contribution in [0.3, 0.4) is 0 Å². The summed E-state index contributed by atoms with van der Waals surface area (Å²) in [6.45, 7) is 3.48. The zero-order chi connectivity index (χ0) is 17.9. The minimum atomic E-state index is -0.0271. The quantitative estimate of drug-likeness (QED) is 0.803. The highest BCUT2D eigenvalue weighted by molar-refractivity contribution is 7.99. The van der Waals surface area contributed by atoms with Gasteiger partial charge in [0.1, 0.15) is 0 Å². The molecule has 3 heterocycles. The normalized spacial score (nSPS) is 21.6. The summed E-state index contributed by atoms with van der Waals surface area (Å²) < 4.78 is 10.6. The molecule has 7 nitrogen and oxygen atoms in total. The highest BCUT2D eigenvalue weighted by atomic mass is 35.5. The number of carbonyl (C=O) groups is 2. The molecule has 2 fully saturated rings. The summed E-state index contributed by atoms with van der Waals surface area (Å²) >= 11 is 1.90. The highest BCUT2D eigenvalue weighted by Gasteiger charge is 2.27. The van der Waals surface area contributed by atoms with Crippen LogP contribution in [0.25, 0.3) is 0 Å². The molecule has 0 aliphatic carbocycles. The van der Waals surface area contributed by atoms with Crippen molar-refractivity contribution in [3.8, 4) is 11.5 Å². The van der Waals surface area contributed by atoms with Gasteiger partial charge >= 0.3 is 0 Å². The zero-order valence-electron chi connectivity index (χ0n) is 15.0. The third-order valence-corrected chi connectivity index (χ3v) is 6.09. The molecule has 4 rings (SSSR count). The zero-order valence-corrected chi connectivity index (χ0v) is 16.7. The topological polar surface area (TPSA) is 71.1 Å². The van der Waals surface area contributed by atoms with Crippen molar-refractivity contribution in [2.45, 2.75) is 12.5 Å². The number of piperazine rings is 1. The maximum atomic E-state index is 12.7. The lowest BCUT2D eigenvalue weighted by molar-refractivity contribution is -0.133. The molecule has 148 valence electrons. The maximum Gasteiger partial charge on any atom is 0.254 e. The summed E-state index contributed by atoms with van der Waals surface area (Å²) in [5, 5.41) is 3.40. The van der Waals surface area contributed by atoms with Crippen molar-refractivity contribution in [2.24, 2.45) is 0 Å². The van der Waals surface area contributed by atoms with Crippen LogP contribution in [-0.4, -0.2) is 78.7 Å². The van der Waals surface area contributed by atoms with E-state index in [0.29, 0.717) is 49.7 Å². The van der Waals surface area contributed by atoms with Gasteiger partial charge in [-0.3, -0.25) is 9.59 Å². The van der Waals surface area contributed by atoms with E-state index in [-0.39, 0.29) is 37.1 Å². The molecule has 27 heavy (non-hydrogen) atoms. The van der Waals surface area contributed by atoms with Crippen molar-refractivity contribution in [2.75, 3.05) is 51.0 Å². The number of hydrogen-bond donors (Lipinski definition) is 1. The van der Waals surface area contributed by atoms with Crippen molar-refractivity contribution in [3.63, 3.8) is 0 Å². The third-order valence-electron chi connectivity index (χ3n) is 4.96. The Kier molecular flexibility index (Phi) is 6.73. The number of benzene rings is 1. The molecule has 0 bridgehead atoms. The third kappa shape index (κ3) is 4.62. The number of nitrogens with zero attached hydrogens (tertiary/aromatic N) is 2. The van der Waals surface area contributed by atoms with Crippen LogP contribution in [0.5, 0.6) is 11.5 Å². The number of ether oxygens (including phenoxy) is 2. The predicted molar refractivity (Wildman–Crippen MR) is 106 cm³/mol. The molecule has 1 unspecified atom stereocenters. The van der Waals surface area contributed by atoms with Crippen LogP contribution in [0.4, 0.5) is 0 Å². The lowest BCUT2D eigenvalue weighted by Crippen LogP contribution is -2.52. The number of amides is 2. The van der Waals surface area contributed by atoms with Gasteiger partial charge < -0.3 is 24.6 Å². The van der Waals surface area contributed by atoms with Crippen molar-refractivity contribution < 1.29 is 19.1 Å². The Hall–Kier alpha value is -1.64. The van der Waals surface area contributed by atoms with E-state index in [2.05, 4.69) is 5.32 Å². The standard InChI is InChI=1S/C18H23N3O4S.ClH/c22-17(10-14-11-26-8-3-19-14)20-4-6-21(7-5-20)18(23)13-1-2-15-16(9-13)25-12-24-15;/h1-2,9,14,19H,3-8,10-12H2;1H. The Morgan fingerprint density at radius 1 is 1.11 bits per heavy atom. The molecule has 1 atom stereocenters. The molecule has 1 aromatic rings. The molecule has 2 saturated heterocycles. The predicted octanol–water partition coefficient (Wildman–Crippen LogP) is 1.22. The van der Waals surface area contributed by atoms with E-state index in [9.17, 15) is 9.59 Å². The summed E-state index contributed by atoms with van der Waals surface area (Å²) in [6.07, 6.45) is 0.545. The van der Waals surface area contributed by atoms with E-state index >= 15 is 0 Å². The number of rotatable bonds is 3. The Labute approximate surface area is 169 Å². The summed E-state index contributed by atoms with van der Waals surface area (Å²) in [4.78, 5) is 28.9. The average molecular weight is 414 g/mol. The van der Waals surface area contributed by atoms with Gasteiger partial charge in [0.2, 0.25) is 12.7 Å². The largest absolute Gasteiger partial charge is 0.454 e. The second-order valence-corrected chi connectivity index (χ2v) is 7.82. The molecule has 0 spiro atoms. The summed E-state index contributed by atoms with van der Waals surface area (Å²) in [6, 6.07) is 5.54. The molecular formula is C18H24ClN3O4S. The first-order chi connectivity index (χ1) is 12.7. The first-order valence-electron chi connectivity index (χ1n) is 8.98. The second-order valence-electron chi connectivity index (χ2n) is 6.67. The highest BCUT2D eigenvalue weighted by Crippen LogP contribution is 2.32. The van der Waals surface area contributed by atoms with Crippen LogP contribution < -0.4 is 14.8 Å². The van der Waals surface area contributed by atoms with Crippen LogP contribution in [0.2, 0.25) is 0 Å². The molecule has 1 N–H and O–H groups in total. The van der Waals surface area contributed by atoms with Gasteiger partial charge in [-0.1, -0.05) is 0 Å². The Balaban J connectivity index is 0.00000210. The van der Waals surface area contributed by atoms with E-state index in [1.54, 1.807) is 23.1 Å². The number of halogens is 1. The van der Waals surface area contributed by atoms with Gasteiger partial charge in [0.05, 0.1) is 0 Å².